The molecule has 0 amide bonds. The maximum atomic E-state index is 14.2. The van der Waals surface area contributed by atoms with E-state index in [2.05, 4.69) is 15.3 Å². The van der Waals surface area contributed by atoms with Crippen LogP contribution < -0.4 is 15.2 Å². The lowest BCUT2D eigenvalue weighted by atomic mass is 9.95. The monoisotopic (exact) mass is 466 g/mol. The molecule has 2 atom stereocenters. The van der Waals surface area contributed by atoms with Crippen LogP contribution in [0.3, 0.4) is 0 Å². The number of ether oxygens (including phenoxy) is 2. The van der Waals surface area contributed by atoms with Crippen LogP contribution in [0.1, 0.15) is 18.9 Å². The molecule has 0 saturated carbocycles. The Balaban J connectivity index is 1.93. The number of aliphatic hydroxyl groups is 1. The first-order chi connectivity index (χ1) is 14.3. The quantitative estimate of drug-likeness (QED) is 0.569. The Morgan fingerprint density at radius 2 is 2.10 bits per heavy atom. The van der Waals surface area contributed by atoms with Crippen LogP contribution in [0.2, 0.25) is 0 Å². The molecule has 1 aliphatic heterocycles. The Labute approximate surface area is 174 Å². The number of hydrogen-bond donors (Lipinski definition) is 3. The maximum Gasteiger partial charge on any atom is 0.423 e. The van der Waals surface area contributed by atoms with Gasteiger partial charge in [0.1, 0.15) is 23.1 Å². The highest BCUT2D eigenvalue weighted by molar-refractivity contribution is 7.89. The van der Waals surface area contributed by atoms with Crippen LogP contribution in [0.25, 0.3) is 0 Å². The van der Waals surface area contributed by atoms with Crippen LogP contribution >= 0.6 is 0 Å². The Bertz CT molecular complexity index is 1080. The standard InChI is InChI=1S/C17H18F4N4O5S/c1-16(26)8-29-5-4-13(16)30-14-10(17(19,20)21)7-23-15(25-14)24-12-3-2-9(6-11(12)18)31(22,27)28/h2-3,6-7,13,26H,4-5,8H2,1H3,(H2,22,27,28)(H,23,24,25)/t13-,16+/m0/s1. The van der Waals surface area contributed by atoms with Crippen LogP contribution in [0.5, 0.6) is 5.88 Å². The molecule has 2 heterocycles. The van der Waals surface area contributed by atoms with E-state index in [9.17, 15) is 31.1 Å². The van der Waals surface area contributed by atoms with E-state index in [1.54, 1.807) is 0 Å². The van der Waals surface area contributed by atoms with Gasteiger partial charge in [0.25, 0.3) is 0 Å². The molecular weight excluding hydrogens is 448 g/mol. The van der Waals surface area contributed by atoms with Crippen LogP contribution in [0.4, 0.5) is 29.2 Å². The van der Waals surface area contributed by atoms with Gasteiger partial charge in [-0.25, -0.2) is 22.9 Å². The summed E-state index contributed by atoms with van der Waals surface area (Å²) in [4.78, 5) is 6.71. The van der Waals surface area contributed by atoms with Crippen LogP contribution in [-0.4, -0.2) is 48.4 Å². The van der Waals surface area contributed by atoms with Gasteiger partial charge in [0.2, 0.25) is 21.9 Å². The highest BCUT2D eigenvalue weighted by Crippen LogP contribution is 2.37. The summed E-state index contributed by atoms with van der Waals surface area (Å²) in [6.07, 6.45) is -5.33. The average molecular weight is 466 g/mol. The lowest BCUT2D eigenvalue weighted by Crippen LogP contribution is -2.51. The number of nitrogens with zero attached hydrogens (tertiary/aromatic N) is 2. The fourth-order valence-electron chi connectivity index (χ4n) is 2.80. The van der Waals surface area contributed by atoms with Crippen molar-refractivity contribution in [1.29, 1.82) is 0 Å². The molecule has 14 heteroatoms. The van der Waals surface area contributed by atoms with E-state index in [1.807, 2.05) is 0 Å². The average Bonchev–Trinajstić information content (AvgIpc) is 2.63. The molecule has 4 N–H and O–H groups in total. The van der Waals surface area contributed by atoms with Gasteiger partial charge < -0.3 is 19.9 Å². The van der Waals surface area contributed by atoms with Crippen LogP contribution in [0.15, 0.2) is 29.3 Å². The Hall–Kier alpha value is -2.55. The van der Waals surface area contributed by atoms with Gasteiger partial charge in [-0.05, 0) is 25.1 Å². The lowest BCUT2D eigenvalue weighted by molar-refractivity contribution is -0.152. The number of nitrogens with one attached hydrogen (secondary N) is 1. The third kappa shape index (κ3) is 5.39. The van der Waals surface area contributed by atoms with Gasteiger partial charge in [0.15, 0.2) is 0 Å². The highest BCUT2D eigenvalue weighted by Gasteiger charge is 2.41. The third-order valence-electron chi connectivity index (χ3n) is 4.44. The van der Waals surface area contributed by atoms with Gasteiger partial charge in [-0.15, -0.1) is 0 Å². The molecule has 1 fully saturated rings. The highest BCUT2D eigenvalue weighted by atomic mass is 32.2. The Morgan fingerprint density at radius 1 is 1.39 bits per heavy atom. The molecule has 0 radical (unpaired) electrons. The third-order valence-corrected chi connectivity index (χ3v) is 5.35. The summed E-state index contributed by atoms with van der Waals surface area (Å²) in [6, 6.07) is 2.65. The summed E-state index contributed by atoms with van der Waals surface area (Å²) < 4.78 is 87.4. The second-order valence-corrected chi connectivity index (χ2v) is 8.59. The topological polar surface area (TPSA) is 137 Å². The number of rotatable bonds is 5. The molecule has 0 unspecified atom stereocenters. The number of sulfonamides is 1. The molecular formula is C17H18F4N4O5S. The summed E-state index contributed by atoms with van der Waals surface area (Å²) in [5, 5.41) is 17.6. The fourth-order valence-corrected chi connectivity index (χ4v) is 3.32. The minimum atomic E-state index is -4.85. The molecule has 3 rings (SSSR count). The molecule has 1 aliphatic rings. The first kappa shape index (κ1) is 23.1. The predicted octanol–water partition coefficient (Wildman–Crippen LogP) is 1.94. The number of anilines is 2. The second kappa shape index (κ2) is 8.18. The number of primary sulfonamides is 1. The van der Waals surface area contributed by atoms with E-state index in [-0.39, 0.29) is 25.3 Å². The van der Waals surface area contributed by atoms with E-state index >= 15 is 0 Å². The van der Waals surface area contributed by atoms with E-state index < -0.39 is 56.0 Å². The van der Waals surface area contributed by atoms with Gasteiger partial charge in [-0.1, -0.05) is 0 Å². The van der Waals surface area contributed by atoms with Crippen LogP contribution in [-0.2, 0) is 20.9 Å². The fraction of sp³-hybridized carbons (Fsp3) is 0.412. The summed E-state index contributed by atoms with van der Waals surface area (Å²) in [5.74, 6) is -2.36. The van der Waals surface area contributed by atoms with E-state index in [1.165, 1.54) is 6.92 Å². The normalized spacial score (nSPS) is 22.2. The second-order valence-electron chi connectivity index (χ2n) is 7.03. The van der Waals surface area contributed by atoms with Crippen molar-refractivity contribution in [1.82, 2.24) is 9.97 Å². The number of benzene rings is 1. The van der Waals surface area contributed by atoms with Crippen molar-refractivity contribution in [2.45, 2.75) is 36.1 Å². The van der Waals surface area contributed by atoms with Crippen molar-refractivity contribution >= 4 is 21.7 Å². The Kier molecular flexibility index (Phi) is 6.10. The van der Waals surface area contributed by atoms with Crippen molar-refractivity contribution in [3.05, 3.63) is 35.8 Å². The lowest BCUT2D eigenvalue weighted by Gasteiger charge is -2.36. The number of halogens is 4. The van der Waals surface area contributed by atoms with E-state index in [0.29, 0.717) is 12.3 Å². The molecule has 1 aromatic heterocycles. The SMILES string of the molecule is C[C@@]1(O)COCC[C@@H]1Oc1nc(Nc2ccc(S(N)(=O)=O)cc2F)ncc1C(F)(F)F. The van der Waals surface area contributed by atoms with Crippen molar-refractivity contribution in [3.63, 3.8) is 0 Å². The molecule has 1 aromatic carbocycles. The molecule has 0 aliphatic carbocycles. The molecule has 1 saturated heterocycles. The van der Waals surface area contributed by atoms with Crippen molar-refractivity contribution < 1.29 is 40.6 Å². The molecule has 0 spiro atoms. The van der Waals surface area contributed by atoms with Crippen LogP contribution in [0, 0.1) is 5.82 Å². The number of aromatic nitrogens is 2. The summed E-state index contributed by atoms with van der Waals surface area (Å²) in [6.45, 7) is 1.38. The first-order valence-electron chi connectivity index (χ1n) is 8.78. The Morgan fingerprint density at radius 3 is 2.68 bits per heavy atom. The van der Waals surface area contributed by atoms with Crippen molar-refractivity contribution in [2.75, 3.05) is 18.5 Å². The molecule has 2 aromatic rings. The molecule has 31 heavy (non-hydrogen) atoms. The minimum Gasteiger partial charge on any atom is -0.471 e. The van der Waals surface area contributed by atoms with E-state index in [0.717, 1.165) is 12.1 Å². The number of hydrogen-bond acceptors (Lipinski definition) is 8. The van der Waals surface area contributed by atoms with E-state index in [4.69, 9.17) is 14.6 Å². The largest absolute Gasteiger partial charge is 0.471 e. The van der Waals surface area contributed by atoms with Crippen molar-refractivity contribution in [3.8, 4) is 5.88 Å². The van der Waals surface area contributed by atoms with Gasteiger partial charge in [-0.2, -0.15) is 18.2 Å². The van der Waals surface area contributed by atoms with Gasteiger partial charge in [0.05, 0.1) is 23.8 Å². The zero-order chi connectivity index (χ0) is 23.0. The summed E-state index contributed by atoms with van der Waals surface area (Å²) in [7, 11) is -4.15. The molecule has 0 bridgehead atoms. The van der Waals surface area contributed by atoms with Gasteiger partial charge in [0, 0.05) is 12.6 Å². The number of alkyl halides is 3. The van der Waals surface area contributed by atoms with Gasteiger partial charge >= 0.3 is 6.18 Å². The zero-order valence-electron chi connectivity index (χ0n) is 16.0. The summed E-state index contributed by atoms with van der Waals surface area (Å²) in [5.41, 5.74) is -3.16. The predicted molar refractivity (Wildman–Crippen MR) is 98.6 cm³/mol. The number of nitrogens with two attached hydrogens (primary N) is 1. The molecule has 9 nitrogen and oxygen atoms in total. The van der Waals surface area contributed by atoms with Gasteiger partial charge in [-0.3, -0.25) is 0 Å². The zero-order valence-corrected chi connectivity index (χ0v) is 16.8. The first-order valence-corrected chi connectivity index (χ1v) is 10.3. The minimum absolute atomic E-state index is 0.112. The maximum absolute atomic E-state index is 14.2. The smallest absolute Gasteiger partial charge is 0.423 e. The summed E-state index contributed by atoms with van der Waals surface area (Å²) >= 11 is 0. The molecule has 170 valence electrons. The van der Waals surface area contributed by atoms with Crippen molar-refractivity contribution in [2.24, 2.45) is 5.14 Å².